The average Bonchev–Trinajstić information content (AvgIpc) is 3.02. The maximum atomic E-state index is 12.3. The molecule has 1 saturated heterocycles. The second kappa shape index (κ2) is 7.66. The molecule has 1 fully saturated rings. The van der Waals surface area contributed by atoms with Gasteiger partial charge in [0.05, 0.1) is 17.0 Å². The first-order chi connectivity index (χ1) is 11.7. The molecule has 0 saturated carbocycles. The van der Waals surface area contributed by atoms with Gasteiger partial charge in [0.2, 0.25) is 11.9 Å². The summed E-state index contributed by atoms with van der Waals surface area (Å²) >= 11 is 0. The van der Waals surface area contributed by atoms with Gasteiger partial charge in [-0.3, -0.25) is 4.79 Å². The Morgan fingerprint density at radius 2 is 2.38 bits per heavy atom. The molecule has 6 nitrogen and oxygen atoms in total. The summed E-state index contributed by atoms with van der Waals surface area (Å²) in [7, 11) is 1.68. The Morgan fingerprint density at radius 1 is 1.50 bits per heavy atom. The number of rotatable bonds is 6. The van der Waals surface area contributed by atoms with Gasteiger partial charge in [-0.25, -0.2) is 4.98 Å². The van der Waals surface area contributed by atoms with E-state index < -0.39 is 0 Å². The molecule has 6 heteroatoms. The number of hydrogen-bond acceptors (Lipinski definition) is 4. The first-order valence-corrected chi connectivity index (χ1v) is 8.65. The van der Waals surface area contributed by atoms with Crippen molar-refractivity contribution in [3.63, 3.8) is 0 Å². The molecule has 2 aromatic rings. The van der Waals surface area contributed by atoms with Crippen LogP contribution >= 0.6 is 0 Å². The topological polar surface area (TPSA) is 70.2 Å². The van der Waals surface area contributed by atoms with Crippen molar-refractivity contribution in [2.24, 2.45) is 5.92 Å². The lowest BCUT2D eigenvalue weighted by atomic mass is 9.97. The predicted molar refractivity (Wildman–Crippen MR) is 95.3 cm³/mol. The van der Waals surface area contributed by atoms with Crippen molar-refractivity contribution in [2.75, 3.05) is 38.3 Å². The highest BCUT2D eigenvalue weighted by atomic mass is 16.5. The number of piperidine rings is 1. The average molecular weight is 330 g/mol. The van der Waals surface area contributed by atoms with Crippen molar-refractivity contribution in [1.29, 1.82) is 0 Å². The summed E-state index contributed by atoms with van der Waals surface area (Å²) in [5, 5.41) is 3.02. The summed E-state index contributed by atoms with van der Waals surface area (Å²) < 4.78 is 5.01. The number of anilines is 1. The van der Waals surface area contributed by atoms with E-state index in [1.807, 2.05) is 6.07 Å². The summed E-state index contributed by atoms with van der Waals surface area (Å²) in [5.41, 5.74) is 3.24. The summed E-state index contributed by atoms with van der Waals surface area (Å²) in [4.78, 5) is 22.6. The van der Waals surface area contributed by atoms with Gasteiger partial charge in [0.25, 0.3) is 0 Å². The maximum Gasteiger partial charge on any atom is 0.224 e. The van der Waals surface area contributed by atoms with Crippen molar-refractivity contribution in [2.45, 2.75) is 26.2 Å². The molecule has 1 amide bonds. The van der Waals surface area contributed by atoms with Crippen LogP contribution in [0, 0.1) is 12.8 Å². The number of hydrogen-bond donors (Lipinski definition) is 2. The number of H-pyrrole nitrogens is 1. The van der Waals surface area contributed by atoms with Crippen LogP contribution in [0.5, 0.6) is 0 Å². The van der Waals surface area contributed by atoms with Crippen LogP contribution in [-0.4, -0.2) is 49.2 Å². The zero-order valence-corrected chi connectivity index (χ0v) is 14.5. The number of carbonyl (C=O) groups excluding carboxylic acids is 1. The maximum absolute atomic E-state index is 12.3. The Balaban J connectivity index is 1.62. The lowest BCUT2D eigenvalue weighted by molar-refractivity contribution is -0.125. The highest BCUT2D eigenvalue weighted by Gasteiger charge is 2.27. The molecule has 3 rings (SSSR count). The third-order valence-electron chi connectivity index (χ3n) is 4.54. The molecule has 1 atom stereocenters. The molecule has 1 aromatic heterocycles. The van der Waals surface area contributed by atoms with E-state index in [4.69, 9.17) is 4.74 Å². The second-order valence-corrected chi connectivity index (χ2v) is 6.50. The number of aromatic nitrogens is 2. The number of nitrogens with zero attached hydrogens (tertiary/aromatic N) is 2. The Hall–Kier alpha value is -2.08. The number of aromatic amines is 1. The number of ether oxygens (including phenoxy) is 1. The van der Waals surface area contributed by atoms with Crippen molar-refractivity contribution < 1.29 is 9.53 Å². The van der Waals surface area contributed by atoms with Crippen molar-refractivity contribution >= 4 is 22.9 Å². The molecule has 2 N–H and O–H groups in total. The van der Waals surface area contributed by atoms with E-state index >= 15 is 0 Å². The standard InChI is InChI=1S/C18H26N4O2/c1-13-6-7-15-16(11-13)21-18(20-15)22-9-3-5-14(12-22)17(23)19-8-4-10-24-2/h6-7,11,14H,3-5,8-10,12H2,1-2H3,(H,19,23)(H,20,21)/t14-/m1/s1. The van der Waals surface area contributed by atoms with E-state index in [0.29, 0.717) is 13.2 Å². The van der Waals surface area contributed by atoms with E-state index in [0.717, 1.165) is 49.3 Å². The van der Waals surface area contributed by atoms with Gasteiger partial charge in [0.15, 0.2) is 0 Å². The Labute approximate surface area is 142 Å². The predicted octanol–water partition coefficient (Wildman–Crippen LogP) is 2.24. The van der Waals surface area contributed by atoms with Crippen LogP contribution in [0.2, 0.25) is 0 Å². The fraction of sp³-hybridized carbons (Fsp3) is 0.556. The first kappa shape index (κ1) is 16.8. The summed E-state index contributed by atoms with van der Waals surface area (Å²) in [6.45, 7) is 5.08. The monoisotopic (exact) mass is 330 g/mol. The number of aryl methyl sites for hydroxylation is 1. The SMILES string of the molecule is COCCCNC(=O)[C@@H]1CCCN(c2nc3ccc(C)cc3[nH]2)C1. The van der Waals surface area contributed by atoms with Crippen LogP contribution in [0.4, 0.5) is 5.95 Å². The molecule has 130 valence electrons. The lowest BCUT2D eigenvalue weighted by Crippen LogP contribution is -2.43. The molecule has 0 bridgehead atoms. The zero-order chi connectivity index (χ0) is 16.9. The molecular weight excluding hydrogens is 304 g/mol. The van der Waals surface area contributed by atoms with Crippen LogP contribution < -0.4 is 10.2 Å². The van der Waals surface area contributed by atoms with E-state index in [1.54, 1.807) is 7.11 Å². The fourth-order valence-corrected chi connectivity index (χ4v) is 3.22. The summed E-state index contributed by atoms with van der Waals surface area (Å²) in [5.74, 6) is 1.03. The van der Waals surface area contributed by atoms with Crippen molar-refractivity contribution in [1.82, 2.24) is 15.3 Å². The number of carbonyl (C=O) groups is 1. The van der Waals surface area contributed by atoms with E-state index in [9.17, 15) is 4.79 Å². The largest absolute Gasteiger partial charge is 0.385 e. The highest BCUT2D eigenvalue weighted by Crippen LogP contribution is 2.24. The fourth-order valence-electron chi connectivity index (χ4n) is 3.22. The quantitative estimate of drug-likeness (QED) is 0.797. The number of amides is 1. The minimum atomic E-state index is 0.0243. The van der Waals surface area contributed by atoms with E-state index in [1.165, 1.54) is 5.56 Å². The molecule has 1 aromatic carbocycles. The molecule has 0 unspecified atom stereocenters. The number of imidazole rings is 1. The minimum Gasteiger partial charge on any atom is -0.385 e. The lowest BCUT2D eigenvalue weighted by Gasteiger charge is -2.31. The number of methoxy groups -OCH3 is 1. The van der Waals surface area contributed by atoms with Gasteiger partial charge >= 0.3 is 0 Å². The van der Waals surface area contributed by atoms with Gasteiger partial charge in [0.1, 0.15) is 0 Å². The normalized spacial score (nSPS) is 18.1. The minimum absolute atomic E-state index is 0.0243. The smallest absolute Gasteiger partial charge is 0.224 e. The van der Waals surface area contributed by atoms with Gasteiger partial charge in [0, 0.05) is 33.4 Å². The number of benzene rings is 1. The Bertz CT molecular complexity index is 697. The van der Waals surface area contributed by atoms with Gasteiger partial charge < -0.3 is 19.9 Å². The van der Waals surface area contributed by atoms with E-state index in [-0.39, 0.29) is 11.8 Å². The number of nitrogens with one attached hydrogen (secondary N) is 2. The number of fused-ring (bicyclic) bond motifs is 1. The molecule has 24 heavy (non-hydrogen) atoms. The highest BCUT2D eigenvalue weighted by molar-refractivity contribution is 5.80. The van der Waals surface area contributed by atoms with Crippen LogP contribution in [0.15, 0.2) is 18.2 Å². The molecule has 2 heterocycles. The van der Waals surface area contributed by atoms with Crippen molar-refractivity contribution in [3.05, 3.63) is 23.8 Å². The summed E-state index contributed by atoms with van der Waals surface area (Å²) in [6, 6.07) is 6.21. The third kappa shape index (κ3) is 3.87. The molecular formula is C18H26N4O2. The summed E-state index contributed by atoms with van der Waals surface area (Å²) in [6.07, 6.45) is 2.79. The third-order valence-corrected chi connectivity index (χ3v) is 4.54. The van der Waals surface area contributed by atoms with Gasteiger partial charge in [-0.05, 0) is 43.9 Å². The molecule has 0 aliphatic carbocycles. The van der Waals surface area contributed by atoms with Crippen LogP contribution in [-0.2, 0) is 9.53 Å². The van der Waals surface area contributed by atoms with Gasteiger partial charge in [-0.15, -0.1) is 0 Å². The zero-order valence-electron chi connectivity index (χ0n) is 14.5. The Morgan fingerprint density at radius 3 is 3.21 bits per heavy atom. The van der Waals surface area contributed by atoms with Crippen LogP contribution in [0.3, 0.4) is 0 Å². The van der Waals surface area contributed by atoms with Gasteiger partial charge in [-0.2, -0.15) is 0 Å². The van der Waals surface area contributed by atoms with Crippen molar-refractivity contribution in [3.8, 4) is 0 Å². The molecule has 0 spiro atoms. The van der Waals surface area contributed by atoms with Gasteiger partial charge in [-0.1, -0.05) is 6.07 Å². The molecule has 1 aliphatic rings. The van der Waals surface area contributed by atoms with Crippen LogP contribution in [0.1, 0.15) is 24.8 Å². The molecule has 0 radical (unpaired) electrons. The Kier molecular flexibility index (Phi) is 5.35. The van der Waals surface area contributed by atoms with Crippen LogP contribution in [0.25, 0.3) is 11.0 Å². The second-order valence-electron chi connectivity index (χ2n) is 6.50. The van der Waals surface area contributed by atoms with E-state index in [2.05, 4.69) is 39.2 Å². The molecule has 1 aliphatic heterocycles. The first-order valence-electron chi connectivity index (χ1n) is 8.65.